The van der Waals surface area contributed by atoms with E-state index in [0.29, 0.717) is 36.1 Å². The first-order valence-corrected chi connectivity index (χ1v) is 13.4. The van der Waals surface area contributed by atoms with Crippen molar-refractivity contribution in [3.8, 4) is 11.5 Å². The maximum absolute atomic E-state index is 12.0. The summed E-state index contributed by atoms with van der Waals surface area (Å²) in [5.74, 6) is -0.726. The summed E-state index contributed by atoms with van der Waals surface area (Å²) in [7, 11) is 0. The highest BCUT2D eigenvalue weighted by Gasteiger charge is 2.23. The van der Waals surface area contributed by atoms with Gasteiger partial charge in [0.25, 0.3) is 0 Å². The number of hydrogen-bond donors (Lipinski definition) is 1. The molecule has 0 saturated carbocycles. The van der Waals surface area contributed by atoms with Gasteiger partial charge in [-0.05, 0) is 43.2 Å². The van der Waals surface area contributed by atoms with Gasteiger partial charge in [-0.15, -0.1) is 33.2 Å². The fourth-order valence-electron chi connectivity index (χ4n) is 2.09. The zero-order chi connectivity index (χ0) is 19.6. The quantitative estimate of drug-likeness (QED) is 0.126. The third-order valence-electron chi connectivity index (χ3n) is 3.25. The number of unbranched alkanes of at least 4 members (excludes halogenated alkanes) is 2. The minimum Gasteiger partial charge on any atom is -0.490 e. The molecular weight excluding hydrogens is 419 g/mol. The molecule has 1 rings (SSSR count). The maximum Gasteiger partial charge on any atom is 0.341 e. The first kappa shape index (κ1) is 22.8. The van der Waals surface area contributed by atoms with E-state index in [9.17, 15) is 9.59 Å². The molecule has 1 aromatic carbocycles. The van der Waals surface area contributed by atoms with Crippen LogP contribution in [0.15, 0.2) is 24.3 Å². The molecule has 0 amide bonds. The van der Waals surface area contributed by atoms with Crippen molar-refractivity contribution in [1.29, 1.82) is 0 Å². The van der Waals surface area contributed by atoms with E-state index in [0.717, 1.165) is 18.9 Å². The average Bonchev–Trinajstić information content (AvgIpc) is 2.53. The van der Waals surface area contributed by atoms with Gasteiger partial charge in [-0.3, -0.25) is 4.79 Å². The number of carbonyl (C=O) groups excluding carboxylic acids is 1. The van der Waals surface area contributed by atoms with Gasteiger partial charge in [0.1, 0.15) is 0 Å². The number of rotatable bonds is 11. The highest BCUT2D eigenvalue weighted by Crippen LogP contribution is 2.30. The van der Waals surface area contributed by atoms with Crippen LogP contribution in [0.3, 0.4) is 0 Å². The highest BCUT2D eigenvalue weighted by molar-refractivity contribution is 7.64. The van der Waals surface area contributed by atoms with Crippen molar-refractivity contribution in [3.05, 3.63) is 29.8 Å². The van der Waals surface area contributed by atoms with Crippen molar-refractivity contribution < 1.29 is 24.2 Å². The van der Waals surface area contributed by atoms with Crippen molar-refractivity contribution in [3.63, 3.8) is 0 Å². The lowest BCUT2D eigenvalue weighted by molar-refractivity contribution is -0.134. The van der Waals surface area contributed by atoms with E-state index in [-0.39, 0.29) is 12.4 Å². The van der Waals surface area contributed by atoms with Crippen LogP contribution in [0.5, 0.6) is 11.5 Å². The van der Waals surface area contributed by atoms with Crippen molar-refractivity contribution >= 4 is 57.3 Å². The number of hydrogen-bond acceptors (Lipinski definition) is 4. The molecular formula is C17H21Cl3O5Si. The van der Waals surface area contributed by atoms with Crippen LogP contribution in [0.2, 0.25) is 6.04 Å². The second-order valence-corrected chi connectivity index (χ2v) is 14.7. The lowest BCUT2D eigenvalue weighted by atomic mass is 10.2. The number of carboxylic acid groups (broad SMARTS) is 1. The van der Waals surface area contributed by atoms with Gasteiger partial charge >= 0.3 is 17.9 Å². The molecule has 0 atom stereocenters. The summed E-state index contributed by atoms with van der Waals surface area (Å²) in [5, 5.41) is 8.68. The number of ether oxygens (including phenoxy) is 2. The zero-order valence-electron chi connectivity index (χ0n) is 14.3. The van der Waals surface area contributed by atoms with E-state index >= 15 is 0 Å². The molecule has 0 aliphatic heterocycles. The van der Waals surface area contributed by atoms with Gasteiger partial charge in [-0.2, -0.15) is 0 Å². The van der Waals surface area contributed by atoms with Gasteiger partial charge in [0.2, 0.25) is 0 Å². The third-order valence-corrected chi connectivity index (χ3v) is 5.87. The number of benzene rings is 1. The summed E-state index contributed by atoms with van der Waals surface area (Å²) < 4.78 is 10.8. The zero-order valence-corrected chi connectivity index (χ0v) is 17.6. The van der Waals surface area contributed by atoms with Crippen LogP contribution in [0.4, 0.5) is 0 Å². The fourth-order valence-corrected chi connectivity index (χ4v) is 3.95. The fraction of sp³-hybridized carbons (Fsp3) is 0.412. The Kier molecular flexibility index (Phi) is 10.1. The molecule has 9 heteroatoms. The lowest BCUT2D eigenvalue weighted by Gasteiger charge is -2.11. The second-order valence-electron chi connectivity index (χ2n) is 5.46. The minimum atomic E-state index is -2.59. The van der Waals surface area contributed by atoms with Gasteiger partial charge in [-0.25, -0.2) is 4.79 Å². The number of aliphatic carboxylic acids is 1. The normalized spacial score (nSPS) is 11.5. The highest BCUT2D eigenvalue weighted by atomic mass is 35.8. The Morgan fingerprint density at radius 1 is 1.15 bits per heavy atom. The Bertz CT molecular complexity index is 644. The van der Waals surface area contributed by atoms with Crippen LogP contribution in [0.1, 0.15) is 38.2 Å². The number of carbonyl (C=O) groups is 2. The van der Waals surface area contributed by atoms with Crippen LogP contribution in [-0.2, 0) is 9.59 Å². The van der Waals surface area contributed by atoms with Crippen molar-refractivity contribution in [2.45, 2.75) is 38.7 Å². The Labute approximate surface area is 168 Å². The molecule has 0 saturated heterocycles. The first-order chi connectivity index (χ1) is 12.2. The number of carboxylic acids is 1. The van der Waals surface area contributed by atoms with Crippen molar-refractivity contribution in [2.24, 2.45) is 0 Å². The first-order valence-electron chi connectivity index (χ1n) is 8.16. The van der Waals surface area contributed by atoms with Gasteiger partial charge in [0, 0.05) is 12.5 Å². The molecule has 1 N–H and O–H groups in total. The second kappa shape index (κ2) is 11.5. The lowest BCUT2D eigenvalue weighted by Crippen LogP contribution is -2.10. The maximum atomic E-state index is 12.0. The van der Waals surface area contributed by atoms with Gasteiger partial charge in [-0.1, -0.05) is 18.9 Å². The van der Waals surface area contributed by atoms with E-state index in [1.807, 2.05) is 0 Å². The molecule has 0 aliphatic rings. The van der Waals surface area contributed by atoms with Gasteiger partial charge in [0.05, 0.1) is 6.61 Å². The molecule has 1 aromatic rings. The largest absolute Gasteiger partial charge is 0.490 e. The summed E-state index contributed by atoms with van der Waals surface area (Å²) in [6, 6.07) is 2.84. The summed E-state index contributed by atoms with van der Waals surface area (Å²) >= 11 is 17.4. The van der Waals surface area contributed by atoms with E-state index in [1.165, 1.54) is 6.08 Å². The smallest absolute Gasteiger partial charge is 0.341 e. The number of halogens is 3. The summed E-state index contributed by atoms with van der Waals surface area (Å²) in [6.45, 7) is 2.19. The Morgan fingerprint density at radius 3 is 2.50 bits per heavy atom. The summed E-state index contributed by atoms with van der Waals surface area (Å²) in [4.78, 5) is 22.6. The predicted octanol–water partition coefficient (Wildman–Crippen LogP) is 5.30. The number of esters is 1. The van der Waals surface area contributed by atoms with Gasteiger partial charge in [0.15, 0.2) is 11.5 Å². The predicted molar refractivity (Wildman–Crippen MR) is 107 cm³/mol. The molecule has 0 radical (unpaired) electrons. The Morgan fingerprint density at radius 2 is 1.88 bits per heavy atom. The van der Waals surface area contributed by atoms with E-state index in [1.54, 1.807) is 25.1 Å². The molecule has 0 aliphatic carbocycles. The summed E-state index contributed by atoms with van der Waals surface area (Å²) in [5.41, 5.74) is 0.631. The Balaban J connectivity index is 2.58. The standard InChI is InChI=1S/C17H21Cl3O5Si/c1-2-24-15-12-13(8-10-16(21)22)7-9-14(15)25-17(23)6-4-3-5-11-26(18,19)20/h7-10,12H,2-6,11H2,1H3,(H,21,22)/b10-8+. The molecule has 0 heterocycles. The molecule has 5 nitrogen and oxygen atoms in total. The van der Waals surface area contributed by atoms with E-state index in [4.69, 9.17) is 47.8 Å². The molecule has 26 heavy (non-hydrogen) atoms. The topological polar surface area (TPSA) is 72.8 Å². The monoisotopic (exact) mass is 438 g/mol. The van der Waals surface area contributed by atoms with Crippen LogP contribution in [0.25, 0.3) is 6.08 Å². The Hall–Kier alpha value is -1.21. The third kappa shape index (κ3) is 10.1. The van der Waals surface area contributed by atoms with Crippen LogP contribution in [-0.4, -0.2) is 29.7 Å². The minimum absolute atomic E-state index is 0.258. The van der Waals surface area contributed by atoms with Crippen LogP contribution in [0, 0.1) is 0 Å². The molecule has 0 bridgehead atoms. The average molecular weight is 440 g/mol. The van der Waals surface area contributed by atoms with Gasteiger partial charge < -0.3 is 14.6 Å². The molecule has 0 spiro atoms. The van der Waals surface area contributed by atoms with Crippen LogP contribution < -0.4 is 9.47 Å². The van der Waals surface area contributed by atoms with E-state index in [2.05, 4.69) is 0 Å². The molecule has 0 aromatic heterocycles. The molecule has 0 fully saturated rings. The molecule has 144 valence electrons. The SMILES string of the molecule is CCOc1cc(/C=C/C(=O)O)ccc1OC(=O)CCCCC[Si](Cl)(Cl)Cl. The van der Waals surface area contributed by atoms with Crippen LogP contribution >= 0.6 is 33.2 Å². The van der Waals surface area contributed by atoms with Crippen molar-refractivity contribution in [1.82, 2.24) is 0 Å². The molecule has 0 unspecified atom stereocenters. The summed E-state index contributed by atoms with van der Waals surface area (Å²) in [6.07, 6.45) is 4.92. The van der Waals surface area contributed by atoms with Crippen molar-refractivity contribution in [2.75, 3.05) is 6.61 Å². The van der Waals surface area contributed by atoms with E-state index < -0.39 is 12.0 Å².